The van der Waals surface area contributed by atoms with Crippen LogP contribution in [0.25, 0.3) is 6.08 Å². The summed E-state index contributed by atoms with van der Waals surface area (Å²) in [5.41, 5.74) is 7.03. The Labute approximate surface area is 172 Å². The molecule has 2 aliphatic heterocycles. The summed E-state index contributed by atoms with van der Waals surface area (Å²) in [4.78, 5) is 39.4. The number of hydrogen-bond acceptors (Lipinski definition) is 6. The number of nitrogens with two attached hydrogens (primary N) is 1. The molecule has 2 fully saturated rings. The Hall–Kier alpha value is -1.74. The number of rotatable bonds is 4. The number of imide groups is 1. The number of carbonyl (C=O) groups is 3. The van der Waals surface area contributed by atoms with E-state index in [1.807, 2.05) is 6.07 Å². The molecule has 1 aromatic carbocycles. The molecule has 0 radical (unpaired) electrons. The van der Waals surface area contributed by atoms with Gasteiger partial charge in [0.1, 0.15) is 0 Å². The summed E-state index contributed by atoms with van der Waals surface area (Å²) >= 11 is 7.29. The van der Waals surface area contributed by atoms with E-state index in [0.29, 0.717) is 49.1 Å². The van der Waals surface area contributed by atoms with E-state index in [-0.39, 0.29) is 23.6 Å². The van der Waals surface area contributed by atoms with Crippen molar-refractivity contribution >= 4 is 64.6 Å². The van der Waals surface area contributed by atoms with Crippen LogP contribution in [0.3, 0.4) is 0 Å². The zero-order valence-electron chi connectivity index (χ0n) is 14.4. The van der Waals surface area contributed by atoms with Crippen LogP contribution >= 0.6 is 35.8 Å². The monoisotopic (exact) mass is 430 g/mol. The minimum Gasteiger partial charge on any atom is -0.366 e. The Morgan fingerprint density at radius 3 is 2.56 bits per heavy atom. The second-order valence-corrected chi connectivity index (χ2v) is 7.36. The lowest BCUT2D eigenvalue weighted by Crippen LogP contribution is -2.49. The fraction of sp³-hybridized carbons (Fsp3) is 0.353. The molecule has 0 saturated carbocycles. The lowest BCUT2D eigenvalue weighted by Gasteiger charge is -2.37. The predicted molar refractivity (Wildman–Crippen MR) is 110 cm³/mol. The smallest absolute Gasteiger partial charge is 0.290 e. The molecule has 146 valence electrons. The van der Waals surface area contributed by atoms with Crippen molar-refractivity contribution in [2.24, 2.45) is 5.73 Å². The maximum absolute atomic E-state index is 12.0. The highest BCUT2D eigenvalue weighted by molar-refractivity contribution is 8.18. The van der Waals surface area contributed by atoms with Crippen LogP contribution in [0.2, 0.25) is 5.02 Å². The first-order chi connectivity index (χ1) is 12.5. The lowest BCUT2D eigenvalue weighted by atomic mass is 10.1. The quantitative estimate of drug-likeness (QED) is 0.709. The minimum atomic E-state index is -0.400. The second kappa shape index (κ2) is 9.45. The van der Waals surface area contributed by atoms with Gasteiger partial charge in [0, 0.05) is 44.7 Å². The van der Waals surface area contributed by atoms with Gasteiger partial charge in [-0.1, -0.05) is 23.7 Å². The number of halogens is 2. The standard InChI is InChI=1S/C17H19ClN4O3S.ClH/c18-12-3-1-2-11(10-13-16(24)20-17(25)26-13)15(12)22-8-6-21(7-9-22)14(23)4-5-19;/h1-3,10H,4-9,19H2,(H,20,24,25);1H/b13-10-;. The zero-order chi connectivity index (χ0) is 18.7. The van der Waals surface area contributed by atoms with E-state index in [4.69, 9.17) is 17.3 Å². The number of amides is 3. The SMILES string of the molecule is Cl.NCCC(=O)N1CCN(c2c(Cl)cccc2/C=C2\SC(=O)NC2=O)CC1. The van der Waals surface area contributed by atoms with Crippen LogP contribution in [-0.4, -0.2) is 54.7 Å². The van der Waals surface area contributed by atoms with Crippen LogP contribution in [0.1, 0.15) is 12.0 Å². The Morgan fingerprint density at radius 1 is 1.26 bits per heavy atom. The molecule has 2 heterocycles. The van der Waals surface area contributed by atoms with Crippen LogP contribution in [0.15, 0.2) is 23.1 Å². The molecule has 0 atom stereocenters. The molecule has 3 rings (SSSR count). The number of anilines is 1. The maximum atomic E-state index is 12.0. The number of para-hydroxylation sites is 1. The minimum absolute atomic E-state index is 0. The summed E-state index contributed by atoms with van der Waals surface area (Å²) in [6.07, 6.45) is 2.03. The van der Waals surface area contributed by atoms with Gasteiger partial charge in [0.25, 0.3) is 11.1 Å². The Bertz CT molecular complexity index is 779. The van der Waals surface area contributed by atoms with Gasteiger partial charge in [-0.3, -0.25) is 19.7 Å². The first-order valence-corrected chi connectivity index (χ1v) is 9.45. The Kier molecular flexibility index (Phi) is 7.55. The largest absolute Gasteiger partial charge is 0.366 e. The van der Waals surface area contributed by atoms with Crippen LogP contribution in [0, 0.1) is 0 Å². The molecule has 2 saturated heterocycles. The molecule has 0 aromatic heterocycles. The number of hydrogen-bond donors (Lipinski definition) is 2. The maximum Gasteiger partial charge on any atom is 0.290 e. The normalized spacial score (nSPS) is 18.5. The fourth-order valence-electron chi connectivity index (χ4n) is 3.01. The lowest BCUT2D eigenvalue weighted by molar-refractivity contribution is -0.131. The van der Waals surface area contributed by atoms with Crippen molar-refractivity contribution in [3.05, 3.63) is 33.7 Å². The number of benzene rings is 1. The van der Waals surface area contributed by atoms with Gasteiger partial charge >= 0.3 is 0 Å². The van der Waals surface area contributed by atoms with Gasteiger partial charge in [-0.15, -0.1) is 12.4 Å². The highest BCUT2D eigenvalue weighted by atomic mass is 35.5. The van der Waals surface area contributed by atoms with E-state index in [1.165, 1.54) is 0 Å². The number of nitrogens with zero attached hydrogens (tertiary/aromatic N) is 2. The van der Waals surface area contributed by atoms with E-state index in [1.54, 1.807) is 23.1 Å². The molecule has 3 N–H and O–H groups in total. The molecule has 2 aliphatic rings. The van der Waals surface area contributed by atoms with Crippen molar-refractivity contribution in [3.63, 3.8) is 0 Å². The van der Waals surface area contributed by atoms with E-state index in [9.17, 15) is 14.4 Å². The Balaban J connectivity index is 0.00000261. The molecule has 10 heteroatoms. The first-order valence-electron chi connectivity index (χ1n) is 8.25. The van der Waals surface area contributed by atoms with Gasteiger partial charge in [-0.25, -0.2) is 0 Å². The van der Waals surface area contributed by atoms with Crippen LogP contribution < -0.4 is 16.0 Å². The summed E-state index contributed by atoms with van der Waals surface area (Å²) < 4.78 is 0. The highest BCUT2D eigenvalue weighted by Gasteiger charge is 2.27. The molecule has 7 nitrogen and oxygen atoms in total. The fourth-order valence-corrected chi connectivity index (χ4v) is 3.98. The summed E-state index contributed by atoms with van der Waals surface area (Å²) in [6, 6.07) is 5.45. The van der Waals surface area contributed by atoms with Gasteiger partial charge in [0.05, 0.1) is 15.6 Å². The molecule has 1 aromatic rings. The summed E-state index contributed by atoms with van der Waals surface area (Å²) in [7, 11) is 0. The number of thioether (sulfide) groups is 1. The number of nitrogens with one attached hydrogen (secondary N) is 1. The average molecular weight is 431 g/mol. The van der Waals surface area contributed by atoms with Gasteiger partial charge in [0.15, 0.2) is 0 Å². The third-order valence-corrected chi connectivity index (χ3v) is 5.37. The van der Waals surface area contributed by atoms with E-state index in [2.05, 4.69) is 10.2 Å². The molecule has 0 bridgehead atoms. The highest BCUT2D eigenvalue weighted by Crippen LogP contribution is 2.34. The van der Waals surface area contributed by atoms with Gasteiger partial charge in [-0.05, 0) is 23.9 Å². The van der Waals surface area contributed by atoms with Crippen molar-refractivity contribution in [1.82, 2.24) is 10.2 Å². The van der Waals surface area contributed by atoms with Gasteiger partial charge in [0.2, 0.25) is 5.91 Å². The predicted octanol–water partition coefficient (Wildman–Crippen LogP) is 2.08. The molecule has 0 spiro atoms. The van der Waals surface area contributed by atoms with Crippen molar-refractivity contribution in [1.29, 1.82) is 0 Å². The van der Waals surface area contributed by atoms with E-state index < -0.39 is 5.91 Å². The molecule has 3 amide bonds. The van der Waals surface area contributed by atoms with E-state index >= 15 is 0 Å². The third-order valence-electron chi connectivity index (χ3n) is 4.25. The van der Waals surface area contributed by atoms with Gasteiger partial charge in [-0.2, -0.15) is 0 Å². The molecule has 0 unspecified atom stereocenters. The van der Waals surface area contributed by atoms with Crippen LogP contribution in [0.5, 0.6) is 0 Å². The third kappa shape index (κ3) is 4.95. The Morgan fingerprint density at radius 2 is 1.96 bits per heavy atom. The van der Waals surface area contributed by atoms with Crippen LogP contribution in [-0.2, 0) is 9.59 Å². The van der Waals surface area contributed by atoms with Crippen molar-refractivity contribution in [3.8, 4) is 0 Å². The van der Waals surface area contributed by atoms with Gasteiger partial charge < -0.3 is 15.5 Å². The summed E-state index contributed by atoms with van der Waals surface area (Å²) in [5.74, 6) is -0.339. The van der Waals surface area contributed by atoms with Crippen LogP contribution in [0.4, 0.5) is 10.5 Å². The molecular weight excluding hydrogens is 411 g/mol. The topological polar surface area (TPSA) is 95.7 Å². The zero-order valence-corrected chi connectivity index (χ0v) is 16.8. The second-order valence-electron chi connectivity index (χ2n) is 5.94. The molecule has 27 heavy (non-hydrogen) atoms. The average Bonchev–Trinajstić information content (AvgIpc) is 2.93. The molecular formula is C17H20Cl2N4O3S. The number of carbonyl (C=O) groups excluding carboxylic acids is 3. The molecule has 0 aliphatic carbocycles. The first kappa shape index (κ1) is 21.6. The summed E-state index contributed by atoms with van der Waals surface area (Å²) in [5, 5.41) is 2.43. The van der Waals surface area contributed by atoms with E-state index in [0.717, 1.165) is 23.0 Å². The number of piperazine rings is 1. The van der Waals surface area contributed by atoms with Crippen molar-refractivity contribution < 1.29 is 14.4 Å². The van der Waals surface area contributed by atoms with Crippen molar-refractivity contribution in [2.45, 2.75) is 6.42 Å². The van der Waals surface area contributed by atoms with Crippen molar-refractivity contribution in [2.75, 3.05) is 37.6 Å². The summed E-state index contributed by atoms with van der Waals surface area (Å²) in [6.45, 7) is 2.80.